The highest BCUT2D eigenvalue weighted by molar-refractivity contribution is 5.46. The summed E-state index contributed by atoms with van der Waals surface area (Å²) in [5.41, 5.74) is 4.33. The molecule has 0 spiro atoms. The van der Waals surface area contributed by atoms with Gasteiger partial charge in [-0.25, -0.2) is 4.68 Å². The molecule has 5 nitrogen and oxygen atoms in total. The zero-order valence-corrected chi connectivity index (χ0v) is 12.9. The lowest BCUT2D eigenvalue weighted by Gasteiger charge is -2.09. The predicted molar refractivity (Wildman–Crippen MR) is 83.7 cm³/mol. The number of nitrogens with one attached hydrogen (secondary N) is 1. The van der Waals surface area contributed by atoms with Crippen LogP contribution in [-0.2, 0) is 26.4 Å². The number of hydrogen-bond acceptors (Lipinski definition) is 4. The molecule has 0 fully saturated rings. The van der Waals surface area contributed by atoms with E-state index in [0.29, 0.717) is 13.0 Å². The number of hydrogen-bond donors (Lipinski definition) is 2. The normalized spacial score (nSPS) is 10.7. The Bertz CT molecular complexity index is 576. The van der Waals surface area contributed by atoms with Crippen molar-refractivity contribution in [1.82, 2.24) is 9.78 Å². The van der Waals surface area contributed by atoms with E-state index in [1.807, 2.05) is 31.3 Å². The van der Waals surface area contributed by atoms with Crippen molar-refractivity contribution in [2.24, 2.45) is 7.05 Å². The van der Waals surface area contributed by atoms with Gasteiger partial charge in [0.25, 0.3) is 0 Å². The third-order valence-corrected chi connectivity index (χ3v) is 3.52. The summed E-state index contributed by atoms with van der Waals surface area (Å²) in [5.74, 6) is 0.802. The molecular weight excluding hydrogens is 266 g/mol. The highest BCUT2D eigenvalue weighted by Crippen LogP contribution is 2.23. The van der Waals surface area contributed by atoms with Gasteiger partial charge >= 0.3 is 0 Å². The van der Waals surface area contributed by atoms with Crippen LogP contribution in [0.1, 0.15) is 23.7 Å². The molecule has 0 bridgehead atoms. The number of aliphatic hydroxyl groups is 1. The number of methoxy groups -OCH3 is 1. The molecule has 1 aromatic carbocycles. The standard InChI is InChI=1S/C16H23N3O2/c1-4-15-14(16(21-3)19(2)18-15)11-17-13-7-5-12(6-8-13)9-10-20/h5-8,17,20H,4,9-11H2,1-3H3. The Balaban J connectivity index is 2.08. The topological polar surface area (TPSA) is 59.3 Å². The van der Waals surface area contributed by atoms with Crippen molar-refractivity contribution in [1.29, 1.82) is 0 Å². The third kappa shape index (κ3) is 3.55. The van der Waals surface area contributed by atoms with Crippen LogP contribution in [0, 0.1) is 0 Å². The monoisotopic (exact) mass is 289 g/mol. The van der Waals surface area contributed by atoms with E-state index in [-0.39, 0.29) is 6.61 Å². The number of aliphatic hydroxyl groups excluding tert-OH is 1. The van der Waals surface area contributed by atoms with Crippen LogP contribution in [0.25, 0.3) is 0 Å². The van der Waals surface area contributed by atoms with Crippen LogP contribution in [-0.4, -0.2) is 28.6 Å². The summed E-state index contributed by atoms with van der Waals surface area (Å²) < 4.78 is 7.21. The second-order valence-corrected chi connectivity index (χ2v) is 4.94. The molecule has 0 amide bonds. The maximum Gasteiger partial charge on any atom is 0.216 e. The molecule has 114 valence electrons. The van der Waals surface area contributed by atoms with Crippen molar-refractivity contribution in [2.75, 3.05) is 19.0 Å². The average molecular weight is 289 g/mol. The molecule has 2 rings (SSSR count). The van der Waals surface area contributed by atoms with Crippen LogP contribution in [0.4, 0.5) is 5.69 Å². The van der Waals surface area contributed by atoms with E-state index in [9.17, 15) is 0 Å². The van der Waals surface area contributed by atoms with Crippen LogP contribution in [0.15, 0.2) is 24.3 Å². The van der Waals surface area contributed by atoms with E-state index >= 15 is 0 Å². The molecule has 1 heterocycles. The Kier molecular flexibility index (Phi) is 5.22. The molecule has 2 aromatic rings. The molecular formula is C16H23N3O2. The first-order valence-corrected chi connectivity index (χ1v) is 7.22. The first kappa shape index (κ1) is 15.4. The van der Waals surface area contributed by atoms with Gasteiger partial charge in [0.05, 0.1) is 18.4 Å². The summed E-state index contributed by atoms with van der Waals surface area (Å²) in [7, 11) is 3.56. The number of ether oxygens (including phenoxy) is 1. The largest absolute Gasteiger partial charge is 0.481 e. The number of rotatable bonds is 7. The van der Waals surface area contributed by atoms with Crippen molar-refractivity contribution < 1.29 is 9.84 Å². The van der Waals surface area contributed by atoms with Crippen molar-refractivity contribution in [2.45, 2.75) is 26.3 Å². The molecule has 0 aliphatic carbocycles. The van der Waals surface area contributed by atoms with E-state index in [4.69, 9.17) is 9.84 Å². The van der Waals surface area contributed by atoms with E-state index < -0.39 is 0 Å². The fourth-order valence-electron chi connectivity index (χ4n) is 2.43. The fraction of sp³-hybridized carbons (Fsp3) is 0.438. The van der Waals surface area contributed by atoms with Gasteiger partial charge < -0.3 is 15.2 Å². The Morgan fingerprint density at radius 3 is 2.57 bits per heavy atom. The minimum absolute atomic E-state index is 0.180. The van der Waals surface area contributed by atoms with Crippen molar-refractivity contribution in [3.63, 3.8) is 0 Å². The molecule has 0 aliphatic heterocycles. The van der Waals surface area contributed by atoms with Gasteiger partial charge in [0.15, 0.2) is 0 Å². The van der Waals surface area contributed by atoms with Gasteiger partial charge in [0.1, 0.15) is 0 Å². The molecule has 0 aliphatic rings. The third-order valence-electron chi connectivity index (χ3n) is 3.52. The Labute approximate surface area is 125 Å². The molecule has 1 aromatic heterocycles. The Morgan fingerprint density at radius 2 is 2.00 bits per heavy atom. The summed E-state index contributed by atoms with van der Waals surface area (Å²) in [6.45, 7) is 2.95. The summed E-state index contributed by atoms with van der Waals surface area (Å²) >= 11 is 0. The van der Waals surface area contributed by atoms with Crippen molar-refractivity contribution >= 4 is 5.69 Å². The molecule has 5 heteroatoms. The van der Waals surface area contributed by atoms with Gasteiger partial charge in [-0.05, 0) is 30.5 Å². The first-order valence-electron chi connectivity index (χ1n) is 7.22. The number of anilines is 1. The van der Waals surface area contributed by atoms with E-state index in [1.165, 1.54) is 0 Å². The average Bonchev–Trinajstić information content (AvgIpc) is 2.82. The van der Waals surface area contributed by atoms with Crippen LogP contribution in [0.5, 0.6) is 5.88 Å². The smallest absolute Gasteiger partial charge is 0.216 e. The minimum Gasteiger partial charge on any atom is -0.481 e. The van der Waals surface area contributed by atoms with E-state index in [1.54, 1.807) is 11.8 Å². The van der Waals surface area contributed by atoms with Crippen LogP contribution in [0.2, 0.25) is 0 Å². The second kappa shape index (κ2) is 7.13. The molecule has 21 heavy (non-hydrogen) atoms. The molecule has 0 unspecified atom stereocenters. The highest BCUT2D eigenvalue weighted by Gasteiger charge is 2.15. The molecule has 2 N–H and O–H groups in total. The van der Waals surface area contributed by atoms with E-state index in [0.717, 1.165) is 34.8 Å². The van der Waals surface area contributed by atoms with Crippen LogP contribution >= 0.6 is 0 Å². The first-order chi connectivity index (χ1) is 10.2. The number of nitrogens with zero attached hydrogens (tertiary/aromatic N) is 2. The molecule has 0 atom stereocenters. The summed E-state index contributed by atoms with van der Waals surface area (Å²) in [4.78, 5) is 0. The molecule has 0 radical (unpaired) electrons. The van der Waals surface area contributed by atoms with Gasteiger partial charge in [-0.3, -0.25) is 0 Å². The Hall–Kier alpha value is -2.01. The SMILES string of the molecule is CCc1nn(C)c(OC)c1CNc1ccc(CCO)cc1. The maximum atomic E-state index is 8.92. The number of aromatic nitrogens is 2. The maximum absolute atomic E-state index is 8.92. The van der Waals surface area contributed by atoms with Gasteiger partial charge in [0, 0.05) is 25.9 Å². The lowest BCUT2D eigenvalue weighted by Crippen LogP contribution is -2.03. The van der Waals surface area contributed by atoms with Gasteiger partial charge in [-0.15, -0.1) is 0 Å². The van der Waals surface area contributed by atoms with Crippen LogP contribution in [0.3, 0.4) is 0 Å². The minimum atomic E-state index is 0.180. The van der Waals surface area contributed by atoms with Crippen molar-refractivity contribution in [3.05, 3.63) is 41.1 Å². The zero-order valence-electron chi connectivity index (χ0n) is 12.9. The Morgan fingerprint density at radius 1 is 1.29 bits per heavy atom. The number of benzene rings is 1. The summed E-state index contributed by atoms with van der Waals surface area (Å²) in [6.07, 6.45) is 1.57. The van der Waals surface area contributed by atoms with Gasteiger partial charge in [-0.1, -0.05) is 19.1 Å². The number of aryl methyl sites for hydroxylation is 2. The fourth-order valence-corrected chi connectivity index (χ4v) is 2.43. The summed E-state index contributed by atoms with van der Waals surface area (Å²) in [6, 6.07) is 8.11. The predicted octanol–water partition coefficient (Wildman–Crippen LogP) is 2.14. The van der Waals surface area contributed by atoms with Crippen LogP contribution < -0.4 is 10.1 Å². The second-order valence-electron chi connectivity index (χ2n) is 4.94. The quantitative estimate of drug-likeness (QED) is 0.820. The van der Waals surface area contributed by atoms with Gasteiger partial charge in [-0.2, -0.15) is 5.10 Å². The van der Waals surface area contributed by atoms with Gasteiger partial charge in [0.2, 0.25) is 5.88 Å². The van der Waals surface area contributed by atoms with Crippen molar-refractivity contribution in [3.8, 4) is 5.88 Å². The van der Waals surface area contributed by atoms with E-state index in [2.05, 4.69) is 17.3 Å². The molecule has 0 saturated heterocycles. The highest BCUT2D eigenvalue weighted by atomic mass is 16.5. The molecule has 0 saturated carbocycles. The lowest BCUT2D eigenvalue weighted by molar-refractivity contribution is 0.299. The lowest BCUT2D eigenvalue weighted by atomic mass is 10.1. The zero-order chi connectivity index (χ0) is 15.2. The summed E-state index contributed by atoms with van der Waals surface area (Å²) in [5, 5.41) is 16.8.